The average molecular weight is 261 g/mol. The van der Waals surface area contributed by atoms with Crippen molar-refractivity contribution in [2.45, 2.75) is 24.5 Å². The highest BCUT2D eigenvalue weighted by molar-refractivity contribution is 7.99. The molecule has 0 aliphatic rings. The molecule has 18 heavy (non-hydrogen) atoms. The molecule has 0 saturated carbocycles. The monoisotopic (exact) mass is 261 g/mol. The molecule has 0 aliphatic heterocycles. The molecule has 0 radical (unpaired) electrons. The SMILES string of the molecule is CC(CNCc1ccco1)SCc1ccccc1. The molecule has 0 saturated heterocycles. The molecule has 0 amide bonds. The molecule has 1 atom stereocenters. The molecule has 1 unspecified atom stereocenters. The Morgan fingerprint density at radius 1 is 1.17 bits per heavy atom. The van der Waals surface area contributed by atoms with Crippen LogP contribution < -0.4 is 5.32 Å². The normalized spacial score (nSPS) is 12.5. The lowest BCUT2D eigenvalue weighted by Crippen LogP contribution is -2.22. The second kappa shape index (κ2) is 7.29. The van der Waals surface area contributed by atoms with Gasteiger partial charge in [-0.05, 0) is 17.7 Å². The summed E-state index contributed by atoms with van der Waals surface area (Å²) in [6.45, 7) is 4.06. The summed E-state index contributed by atoms with van der Waals surface area (Å²) in [5.74, 6) is 2.07. The number of thioether (sulfide) groups is 1. The number of hydrogen-bond acceptors (Lipinski definition) is 3. The fourth-order valence-corrected chi connectivity index (χ4v) is 2.59. The van der Waals surface area contributed by atoms with Crippen molar-refractivity contribution in [1.29, 1.82) is 0 Å². The van der Waals surface area contributed by atoms with E-state index in [0.29, 0.717) is 5.25 Å². The van der Waals surface area contributed by atoms with Gasteiger partial charge in [-0.1, -0.05) is 37.3 Å². The van der Waals surface area contributed by atoms with Crippen LogP contribution in [0.4, 0.5) is 0 Å². The topological polar surface area (TPSA) is 25.2 Å². The average Bonchev–Trinajstić information content (AvgIpc) is 2.91. The van der Waals surface area contributed by atoms with Crippen molar-refractivity contribution in [3.63, 3.8) is 0 Å². The van der Waals surface area contributed by atoms with E-state index in [4.69, 9.17) is 4.42 Å². The molecule has 1 aromatic carbocycles. The van der Waals surface area contributed by atoms with Gasteiger partial charge in [-0.15, -0.1) is 0 Å². The maximum atomic E-state index is 5.28. The molecular weight excluding hydrogens is 242 g/mol. The van der Waals surface area contributed by atoms with Crippen LogP contribution in [0.2, 0.25) is 0 Å². The number of rotatable bonds is 7. The van der Waals surface area contributed by atoms with Crippen molar-refractivity contribution in [3.05, 3.63) is 60.1 Å². The summed E-state index contributed by atoms with van der Waals surface area (Å²) in [5.41, 5.74) is 1.39. The maximum Gasteiger partial charge on any atom is 0.117 e. The highest BCUT2D eigenvalue weighted by Gasteiger charge is 2.03. The van der Waals surface area contributed by atoms with Crippen LogP contribution >= 0.6 is 11.8 Å². The van der Waals surface area contributed by atoms with Crippen molar-refractivity contribution in [2.24, 2.45) is 0 Å². The largest absolute Gasteiger partial charge is 0.468 e. The summed E-state index contributed by atoms with van der Waals surface area (Å²) in [6, 6.07) is 14.5. The van der Waals surface area contributed by atoms with Crippen molar-refractivity contribution in [2.75, 3.05) is 6.54 Å². The van der Waals surface area contributed by atoms with Gasteiger partial charge in [0.05, 0.1) is 12.8 Å². The van der Waals surface area contributed by atoms with Gasteiger partial charge in [-0.2, -0.15) is 11.8 Å². The van der Waals surface area contributed by atoms with Gasteiger partial charge < -0.3 is 9.73 Å². The fraction of sp³-hybridized carbons (Fsp3) is 0.333. The van der Waals surface area contributed by atoms with Gasteiger partial charge in [0.15, 0.2) is 0 Å². The summed E-state index contributed by atoms with van der Waals surface area (Å²) in [7, 11) is 0. The van der Waals surface area contributed by atoms with Crippen molar-refractivity contribution < 1.29 is 4.42 Å². The third-order valence-electron chi connectivity index (χ3n) is 2.69. The zero-order valence-electron chi connectivity index (χ0n) is 10.6. The van der Waals surface area contributed by atoms with Crippen LogP contribution in [0.25, 0.3) is 0 Å². The zero-order chi connectivity index (χ0) is 12.6. The first-order valence-corrected chi connectivity index (χ1v) is 7.28. The zero-order valence-corrected chi connectivity index (χ0v) is 11.5. The van der Waals surface area contributed by atoms with Crippen molar-refractivity contribution >= 4 is 11.8 Å². The van der Waals surface area contributed by atoms with Crippen LogP contribution in [0, 0.1) is 0 Å². The lowest BCUT2D eigenvalue weighted by atomic mass is 10.2. The minimum Gasteiger partial charge on any atom is -0.468 e. The third kappa shape index (κ3) is 4.59. The van der Waals surface area contributed by atoms with E-state index in [1.165, 1.54) is 5.56 Å². The summed E-state index contributed by atoms with van der Waals surface area (Å²) >= 11 is 1.97. The van der Waals surface area contributed by atoms with Gasteiger partial charge in [0.2, 0.25) is 0 Å². The van der Waals surface area contributed by atoms with Gasteiger partial charge in [0.25, 0.3) is 0 Å². The Hall–Kier alpha value is -1.19. The predicted molar refractivity (Wildman–Crippen MR) is 77.6 cm³/mol. The molecule has 3 heteroatoms. The fourth-order valence-electron chi connectivity index (χ4n) is 1.68. The van der Waals surface area contributed by atoms with Crippen LogP contribution in [0.1, 0.15) is 18.2 Å². The molecule has 96 valence electrons. The second-order valence-corrected chi connectivity index (χ2v) is 5.74. The summed E-state index contributed by atoms with van der Waals surface area (Å²) in [5, 5.41) is 4.01. The van der Waals surface area contributed by atoms with Gasteiger partial charge in [-0.25, -0.2) is 0 Å². The van der Waals surface area contributed by atoms with Gasteiger partial charge >= 0.3 is 0 Å². The molecular formula is C15H19NOS. The number of benzene rings is 1. The van der Waals surface area contributed by atoms with Crippen LogP contribution in [0.15, 0.2) is 53.1 Å². The van der Waals surface area contributed by atoms with Crippen LogP contribution in [-0.2, 0) is 12.3 Å². The molecule has 2 rings (SSSR count). The van der Waals surface area contributed by atoms with E-state index < -0.39 is 0 Å². The Labute approximate surface area is 113 Å². The Kier molecular flexibility index (Phi) is 5.36. The van der Waals surface area contributed by atoms with Crippen molar-refractivity contribution in [1.82, 2.24) is 5.32 Å². The summed E-state index contributed by atoms with van der Waals surface area (Å²) in [6.07, 6.45) is 1.71. The predicted octanol–water partition coefficient (Wildman–Crippen LogP) is 3.69. The molecule has 0 bridgehead atoms. The summed E-state index contributed by atoms with van der Waals surface area (Å²) in [4.78, 5) is 0. The Morgan fingerprint density at radius 3 is 2.72 bits per heavy atom. The Morgan fingerprint density at radius 2 is 2.00 bits per heavy atom. The number of nitrogens with one attached hydrogen (secondary N) is 1. The molecule has 2 aromatic rings. The molecule has 0 aliphatic carbocycles. The van der Waals surface area contributed by atoms with Gasteiger partial charge in [0, 0.05) is 17.5 Å². The highest BCUT2D eigenvalue weighted by Crippen LogP contribution is 2.16. The lowest BCUT2D eigenvalue weighted by molar-refractivity contribution is 0.484. The molecule has 1 N–H and O–H groups in total. The van der Waals surface area contributed by atoms with Crippen LogP contribution in [0.5, 0.6) is 0 Å². The molecule has 1 aromatic heterocycles. The first-order valence-electron chi connectivity index (χ1n) is 6.23. The maximum absolute atomic E-state index is 5.28. The Balaban J connectivity index is 1.62. The molecule has 1 heterocycles. The standard InChI is InChI=1S/C15H19NOS/c1-13(10-16-11-15-8-5-9-17-15)18-12-14-6-3-2-4-7-14/h2-9,13,16H,10-12H2,1H3. The quantitative estimate of drug-likeness (QED) is 0.823. The number of furan rings is 1. The van der Waals surface area contributed by atoms with E-state index >= 15 is 0 Å². The van der Waals surface area contributed by atoms with E-state index in [9.17, 15) is 0 Å². The van der Waals surface area contributed by atoms with E-state index in [-0.39, 0.29) is 0 Å². The van der Waals surface area contributed by atoms with Crippen LogP contribution in [-0.4, -0.2) is 11.8 Å². The minimum atomic E-state index is 0.597. The molecule has 2 nitrogen and oxygen atoms in total. The molecule has 0 spiro atoms. The summed E-state index contributed by atoms with van der Waals surface area (Å²) < 4.78 is 5.28. The Bertz CT molecular complexity index is 427. The third-order valence-corrected chi connectivity index (χ3v) is 3.92. The first kappa shape index (κ1) is 13.2. The lowest BCUT2D eigenvalue weighted by Gasteiger charge is -2.11. The van der Waals surface area contributed by atoms with Gasteiger partial charge in [-0.3, -0.25) is 0 Å². The van der Waals surface area contributed by atoms with E-state index in [1.54, 1.807) is 6.26 Å². The van der Waals surface area contributed by atoms with Crippen molar-refractivity contribution in [3.8, 4) is 0 Å². The second-order valence-electron chi connectivity index (χ2n) is 4.32. The van der Waals surface area contributed by atoms with E-state index in [1.807, 2.05) is 23.9 Å². The van der Waals surface area contributed by atoms with Crippen LogP contribution in [0.3, 0.4) is 0 Å². The smallest absolute Gasteiger partial charge is 0.117 e. The van der Waals surface area contributed by atoms with Gasteiger partial charge in [0.1, 0.15) is 5.76 Å². The first-order chi connectivity index (χ1) is 8.84. The van der Waals surface area contributed by atoms with E-state index in [0.717, 1.165) is 24.6 Å². The minimum absolute atomic E-state index is 0.597. The molecule has 0 fully saturated rings. The highest BCUT2D eigenvalue weighted by atomic mass is 32.2. The van der Waals surface area contributed by atoms with E-state index in [2.05, 4.69) is 42.6 Å². The number of hydrogen-bond donors (Lipinski definition) is 1.